The summed E-state index contributed by atoms with van der Waals surface area (Å²) in [7, 11) is 0. The van der Waals surface area contributed by atoms with Crippen molar-refractivity contribution in [3.8, 4) is 11.3 Å². The molecule has 1 aromatic heterocycles. The maximum absolute atomic E-state index is 10.8. The van der Waals surface area contributed by atoms with Crippen molar-refractivity contribution >= 4 is 11.4 Å². The third-order valence-corrected chi connectivity index (χ3v) is 2.29. The molecule has 16 heavy (non-hydrogen) atoms. The Morgan fingerprint density at radius 2 is 2.12 bits per heavy atom. The predicted molar refractivity (Wildman–Crippen MR) is 61.6 cm³/mol. The molecule has 82 valence electrons. The molecule has 0 amide bonds. The average Bonchev–Trinajstić information content (AvgIpc) is 2.29. The highest BCUT2D eigenvalue weighted by atomic mass is 16.5. The lowest BCUT2D eigenvalue weighted by atomic mass is 10.1. The van der Waals surface area contributed by atoms with E-state index in [1.54, 1.807) is 24.4 Å². The van der Waals surface area contributed by atoms with Gasteiger partial charge in [0.15, 0.2) is 5.69 Å². The van der Waals surface area contributed by atoms with Gasteiger partial charge in [0.1, 0.15) is 5.82 Å². The summed E-state index contributed by atoms with van der Waals surface area (Å²) in [5.41, 5.74) is 8.99. The van der Waals surface area contributed by atoms with E-state index in [2.05, 4.69) is 9.97 Å². The standard InChI is InChI=1S/C11H12N4O/c1-7-13-5-4-10(14-7)8-2-3-9(12)11(6-8)15-16/h2-6H,12,15H2,1H3. The summed E-state index contributed by atoms with van der Waals surface area (Å²) in [5.74, 6) is 0.696. The number of hydrogen-bond donors (Lipinski definition) is 2. The molecule has 4 N–H and O–H groups in total. The molecule has 0 saturated heterocycles. The number of rotatable bonds is 2. The van der Waals surface area contributed by atoms with Crippen molar-refractivity contribution < 1.29 is 5.48 Å². The van der Waals surface area contributed by atoms with E-state index in [-0.39, 0.29) is 0 Å². The third kappa shape index (κ3) is 2.00. The van der Waals surface area contributed by atoms with Crippen molar-refractivity contribution in [2.45, 2.75) is 6.92 Å². The molecule has 0 atom stereocenters. The minimum Gasteiger partial charge on any atom is -0.630 e. The maximum Gasteiger partial charge on any atom is 0.153 e. The summed E-state index contributed by atoms with van der Waals surface area (Å²) < 4.78 is 0. The summed E-state index contributed by atoms with van der Waals surface area (Å²) in [6, 6.07) is 7.07. The maximum atomic E-state index is 10.8. The van der Waals surface area contributed by atoms with Crippen LogP contribution in [0.1, 0.15) is 5.82 Å². The van der Waals surface area contributed by atoms with E-state index in [9.17, 15) is 5.21 Å². The fraction of sp³-hybridized carbons (Fsp3) is 0.0909. The van der Waals surface area contributed by atoms with Crippen molar-refractivity contribution in [1.29, 1.82) is 0 Å². The Morgan fingerprint density at radius 3 is 2.81 bits per heavy atom. The number of benzene rings is 1. The minimum absolute atomic E-state index is 0.476. The van der Waals surface area contributed by atoms with Gasteiger partial charge in [-0.2, -0.15) is 0 Å². The van der Waals surface area contributed by atoms with Gasteiger partial charge < -0.3 is 16.4 Å². The molecule has 0 fully saturated rings. The molecule has 0 aliphatic heterocycles. The number of aromatic nitrogens is 2. The zero-order chi connectivity index (χ0) is 11.5. The summed E-state index contributed by atoms with van der Waals surface area (Å²) >= 11 is 0. The van der Waals surface area contributed by atoms with Gasteiger partial charge in [0.2, 0.25) is 0 Å². The van der Waals surface area contributed by atoms with E-state index in [0.717, 1.165) is 16.7 Å². The van der Waals surface area contributed by atoms with E-state index in [1.165, 1.54) is 0 Å². The second kappa shape index (κ2) is 4.26. The lowest BCUT2D eigenvalue weighted by Gasteiger charge is -2.07. The highest BCUT2D eigenvalue weighted by molar-refractivity contribution is 5.69. The first-order valence-electron chi connectivity index (χ1n) is 4.85. The number of anilines is 1. The molecule has 0 aliphatic rings. The van der Waals surface area contributed by atoms with Crippen molar-refractivity contribution in [1.82, 2.24) is 9.97 Å². The van der Waals surface area contributed by atoms with Gasteiger partial charge in [0, 0.05) is 17.8 Å². The number of quaternary nitrogens is 1. The van der Waals surface area contributed by atoms with Crippen LogP contribution in [0.3, 0.4) is 0 Å². The SMILES string of the molecule is Cc1nccc(-c2ccc(N)c([NH2+][O-])c2)n1. The van der Waals surface area contributed by atoms with E-state index in [1.807, 2.05) is 13.0 Å². The van der Waals surface area contributed by atoms with E-state index in [0.29, 0.717) is 17.2 Å². The van der Waals surface area contributed by atoms with Crippen LogP contribution in [-0.2, 0) is 0 Å². The van der Waals surface area contributed by atoms with Crippen molar-refractivity contribution in [3.05, 3.63) is 41.5 Å². The highest BCUT2D eigenvalue weighted by Gasteiger charge is 2.05. The Hall–Kier alpha value is -1.98. The van der Waals surface area contributed by atoms with Crippen LogP contribution in [0.4, 0.5) is 11.4 Å². The molecule has 1 aromatic carbocycles. The quantitative estimate of drug-likeness (QED) is 0.571. The van der Waals surface area contributed by atoms with E-state index in [4.69, 9.17) is 5.73 Å². The summed E-state index contributed by atoms with van der Waals surface area (Å²) in [4.78, 5) is 8.30. The van der Waals surface area contributed by atoms with Crippen molar-refractivity contribution in [3.63, 3.8) is 0 Å². The highest BCUT2D eigenvalue weighted by Crippen LogP contribution is 2.22. The largest absolute Gasteiger partial charge is 0.630 e. The van der Waals surface area contributed by atoms with Gasteiger partial charge in [-0.15, -0.1) is 0 Å². The molecule has 0 spiro atoms. The smallest absolute Gasteiger partial charge is 0.153 e. The number of nitrogen functional groups attached to an aromatic ring is 1. The number of nitrogens with zero attached hydrogens (tertiary/aromatic N) is 2. The van der Waals surface area contributed by atoms with Crippen molar-refractivity contribution in [2.24, 2.45) is 0 Å². The molecule has 2 rings (SSSR count). The lowest BCUT2D eigenvalue weighted by molar-refractivity contribution is -0.496. The second-order valence-electron chi connectivity index (χ2n) is 3.45. The monoisotopic (exact) mass is 216 g/mol. The van der Waals surface area contributed by atoms with Crippen LogP contribution in [0.2, 0.25) is 0 Å². The first kappa shape index (κ1) is 10.5. The van der Waals surface area contributed by atoms with Crippen LogP contribution in [0, 0.1) is 12.1 Å². The molecule has 0 unspecified atom stereocenters. The number of aryl methyl sites for hydroxylation is 1. The molecule has 5 nitrogen and oxygen atoms in total. The zero-order valence-electron chi connectivity index (χ0n) is 8.84. The first-order valence-corrected chi connectivity index (χ1v) is 4.85. The predicted octanol–water partition coefficient (Wildman–Crippen LogP) is 0.727. The normalized spacial score (nSPS) is 10.4. The zero-order valence-corrected chi connectivity index (χ0v) is 8.84. The summed E-state index contributed by atoms with van der Waals surface area (Å²) in [6.07, 6.45) is 1.69. The minimum atomic E-state index is 0.476. The third-order valence-electron chi connectivity index (χ3n) is 2.29. The summed E-state index contributed by atoms with van der Waals surface area (Å²) in [6.45, 7) is 1.82. The van der Waals surface area contributed by atoms with E-state index < -0.39 is 0 Å². The van der Waals surface area contributed by atoms with Crippen LogP contribution in [-0.4, -0.2) is 9.97 Å². The number of hydrogen-bond acceptors (Lipinski definition) is 4. The molecule has 0 bridgehead atoms. The van der Waals surface area contributed by atoms with Crippen LogP contribution < -0.4 is 11.2 Å². The Balaban J connectivity index is 2.48. The topological polar surface area (TPSA) is 91.5 Å². The van der Waals surface area contributed by atoms with Gasteiger partial charge in [-0.05, 0) is 19.1 Å². The molecular formula is C11H12N4O. The Kier molecular flexibility index (Phi) is 2.80. The van der Waals surface area contributed by atoms with Gasteiger partial charge in [-0.25, -0.2) is 9.97 Å². The Bertz CT molecular complexity index is 513. The van der Waals surface area contributed by atoms with Gasteiger partial charge in [0.25, 0.3) is 0 Å². The van der Waals surface area contributed by atoms with Gasteiger partial charge in [-0.3, -0.25) is 0 Å². The fourth-order valence-electron chi connectivity index (χ4n) is 1.45. The number of nitrogens with two attached hydrogens (primary N) is 2. The van der Waals surface area contributed by atoms with E-state index >= 15 is 0 Å². The summed E-state index contributed by atoms with van der Waals surface area (Å²) in [5, 5.41) is 10.8. The average molecular weight is 216 g/mol. The fourth-order valence-corrected chi connectivity index (χ4v) is 1.45. The van der Waals surface area contributed by atoms with Crippen LogP contribution in [0.15, 0.2) is 30.5 Å². The molecule has 0 saturated carbocycles. The van der Waals surface area contributed by atoms with Crippen LogP contribution >= 0.6 is 0 Å². The van der Waals surface area contributed by atoms with Gasteiger partial charge >= 0.3 is 0 Å². The molecule has 0 aliphatic carbocycles. The molecular weight excluding hydrogens is 204 g/mol. The molecule has 2 aromatic rings. The molecule has 1 heterocycles. The Morgan fingerprint density at radius 1 is 1.31 bits per heavy atom. The van der Waals surface area contributed by atoms with Crippen molar-refractivity contribution in [2.75, 3.05) is 5.73 Å². The first-order chi connectivity index (χ1) is 7.70. The van der Waals surface area contributed by atoms with Crippen LogP contribution in [0.5, 0.6) is 0 Å². The molecule has 0 radical (unpaired) electrons. The Labute approximate surface area is 92.9 Å². The van der Waals surface area contributed by atoms with Gasteiger partial charge in [0.05, 0.1) is 11.4 Å². The molecule has 5 heteroatoms. The van der Waals surface area contributed by atoms with Crippen LogP contribution in [0.25, 0.3) is 11.3 Å². The second-order valence-corrected chi connectivity index (χ2v) is 3.45. The van der Waals surface area contributed by atoms with Gasteiger partial charge in [-0.1, -0.05) is 6.07 Å². The lowest BCUT2D eigenvalue weighted by Crippen LogP contribution is -2.70.